The topological polar surface area (TPSA) is 49.9 Å². The number of aryl methyl sites for hydroxylation is 1. The summed E-state index contributed by atoms with van der Waals surface area (Å²) in [6, 6.07) is 15.7. The molecule has 2 fully saturated rings. The van der Waals surface area contributed by atoms with Crippen molar-refractivity contribution in [2.45, 2.75) is 45.4 Å². The van der Waals surface area contributed by atoms with E-state index in [2.05, 4.69) is 19.1 Å². The van der Waals surface area contributed by atoms with Gasteiger partial charge in [-0.05, 0) is 62.8 Å². The van der Waals surface area contributed by atoms with E-state index in [0.29, 0.717) is 24.5 Å². The van der Waals surface area contributed by atoms with E-state index in [0.717, 1.165) is 63.2 Å². The SMILES string of the molecule is Cc1ccc(CC(=O)N2CCC[C@H](COc3cccc(C(=O)N4CCCCC4)c3)C2)cc1. The Morgan fingerprint density at radius 2 is 1.69 bits per heavy atom. The number of amides is 2. The minimum absolute atomic E-state index is 0.0979. The lowest BCUT2D eigenvalue weighted by molar-refractivity contribution is -0.132. The Balaban J connectivity index is 1.29. The Bertz CT molecular complexity index is 919. The number of carbonyl (C=O) groups excluding carboxylic acids is 2. The second-order valence-corrected chi connectivity index (χ2v) is 9.20. The lowest BCUT2D eigenvalue weighted by Crippen LogP contribution is -2.42. The van der Waals surface area contributed by atoms with E-state index < -0.39 is 0 Å². The van der Waals surface area contributed by atoms with Gasteiger partial charge in [-0.3, -0.25) is 9.59 Å². The highest BCUT2D eigenvalue weighted by Crippen LogP contribution is 2.22. The largest absolute Gasteiger partial charge is 0.493 e. The van der Waals surface area contributed by atoms with Crippen LogP contribution in [0.2, 0.25) is 0 Å². The molecule has 4 rings (SSSR count). The zero-order valence-electron chi connectivity index (χ0n) is 19.1. The summed E-state index contributed by atoms with van der Waals surface area (Å²) in [6.45, 7) is 5.87. The van der Waals surface area contributed by atoms with Gasteiger partial charge in [-0.25, -0.2) is 0 Å². The van der Waals surface area contributed by atoms with Crippen LogP contribution in [0.25, 0.3) is 0 Å². The first-order chi connectivity index (χ1) is 15.6. The molecular formula is C27H34N2O3. The molecule has 0 saturated carbocycles. The van der Waals surface area contributed by atoms with Crippen molar-refractivity contribution >= 4 is 11.8 Å². The lowest BCUT2D eigenvalue weighted by Gasteiger charge is -2.33. The standard InChI is InChI=1S/C27H34N2O3/c1-21-10-12-22(13-11-21)17-26(30)29-16-6-7-23(19-29)20-32-25-9-5-8-24(18-25)27(31)28-14-3-2-4-15-28/h5,8-13,18,23H,2-4,6-7,14-17,19-20H2,1H3/t23-/m0/s1. The number of carbonyl (C=O) groups is 2. The summed E-state index contributed by atoms with van der Waals surface area (Å²) in [4.78, 5) is 29.5. The third-order valence-electron chi connectivity index (χ3n) is 6.56. The summed E-state index contributed by atoms with van der Waals surface area (Å²) in [5.41, 5.74) is 2.97. The highest BCUT2D eigenvalue weighted by Gasteiger charge is 2.24. The van der Waals surface area contributed by atoms with Crippen molar-refractivity contribution in [2.75, 3.05) is 32.8 Å². The van der Waals surface area contributed by atoms with E-state index >= 15 is 0 Å². The van der Waals surface area contributed by atoms with Crippen LogP contribution in [-0.4, -0.2) is 54.4 Å². The summed E-state index contributed by atoms with van der Waals surface area (Å²) in [5.74, 6) is 1.33. The van der Waals surface area contributed by atoms with Gasteiger partial charge in [0.25, 0.3) is 5.91 Å². The van der Waals surface area contributed by atoms with Gasteiger partial charge in [0.15, 0.2) is 0 Å². The van der Waals surface area contributed by atoms with Gasteiger partial charge < -0.3 is 14.5 Å². The van der Waals surface area contributed by atoms with E-state index in [1.807, 2.05) is 46.2 Å². The molecule has 2 aromatic carbocycles. The summed E-state index contributed by atoms with van der Waals surface area (Å²) in [7, 11) is 0. The first-order valence-corrected chi connectivity index (χ1v) is 11.9. The van der Waals surface area contributed by atoms with E-state index in [-0.39, 0.29) is 11.8 Å². The number of hydrogen-bond donors (Lipinski definition) is 0. The molecule has 2 heterocycles. The molecule has 2 aromatic rings. The molecule has 2 amide bonds. The van der Waals surface area contributed by atoms with Crippen molar-refractivity contribution in [1.82, 2.24) is 9.80 Å². The van der Waals surface area contributed by atoms with Crippen LogP contribution in [0.15, 0.2) is 48.5 Å². The quantitative estimate of drug-likeness (QED) is 0.674. The second-order valence-electron chi connectivity index (χ2n) is 9.20. The predicted molar refractivity (Wildman–Crippen MR) is 126 cm³/mol. The van der Waals surface area contributed by atoms with E-state index in [1.165, 1.54) is 12.0 Å². The zero-order chi connectivity index (χ0) is 22.3. The summed E-state index contributed by atoms with van der Waals surface area (Å²) < 4.78 is 6.07. The van der Waals surface area contributed by atoms with Crippen LogP contribution in [0.3, 0.4) is 0 Å². The normalized spacial score (nSPS) is 19.0. The minimum atomic E-state index is 0.0979. The van der Waals surface area contributed by atoms with Crippen LogP contribution in [0.1, 0.15) is 53.6 Å². The number of hydrogen-bond acceptors (Lipinski definition) is 3. The van der Waals surface area contributed by atoms with Crippen LogP contribution >= 0.6 is 0 Å². The molecule has 32 heavy (non-hydrogen) atoms. The number of benzene rings is 2. The maximum atomic E-state index is 12.8. The third kappa shape index (κ3) is 5.90. The van der Waals surface area contributed by atoms with Crippen molar-refractivity contribution in [2.24, 2.45) is 5.92 Å². The number of likely N-dealkylation sites (tertiary alicyclic amines) is 2. The molecular weight excluding hydrogens is 400 g/mol. The zero-order valence-corrected chi connectivity index (χ0v) is 19.1. The molecule has 2 saturated heterocycles. The third-order valence-corrected chi connectivity index (χ3v) is 6.56. The molecule has 0 spiro atoms. The number of nitrogens with zero attached hydrogens (tertiary/aromatic N) is 2. The molecule has 2 aliphatic heterocycles. The van der Waals surface area contributed by atoms with Crippen LogP contribution in [0.4, 0.5) is 0 Å². The molecule has 0 aromatic heterocycles. The van der Waals surface area contributed by atoms with Crippen molar-refractivity contribution in [3.8, 4) is 5.75 Å². The van der Waals surface area contributed by atoms with Crippen LogP contribution in [-0.2, 0) is 11.2 Å². The Hall–Kier alpha value is -2.82. The molecule has 1 atom stereocenters. The second kappa shape index (κ2) is 10.7. The number of rotatable bonds is 6. The Labute approximate surface area is 191 Å². The Kier molecular flexibility index (Phi) is 7.46. The van der Waals surface area contributed by atoms with E-state index in [9.17, 15) is 9.59 Å². The van der Waals surface area contributed by atoms with Crippen molar-refractivity contribution in [1.29, 1.82) is 0 Å². The molecule has 0 N–H and O–H groups in total. The molecule has 2 aliphatic rings. The summed E-state index contributed by atoms with van der Waals surface area (Å²) in [6.07, 6.45) is 5.89. The predicted octanol–water partition coefficient (Wildman–Crippen LogP) is 4.48. The average Bonchev–Trinajstić information content (AvgIpc) is 2.84. The van der Waals surface area contributed by atoms with Gasteiger partial charge in [0.05, 0.1) is 13.0 Å². The summed E-state index contributed by atoms with van der Waals surface area (Å²) >= 11 is 0. The molecule has 0 aliphatic carbocycles. The number of piperidine rings is 2. The van der Waals surface area contributed by atoms with Gasteiger partial charge in [0.2, 0.25) is 5.91 Å². The fourth-order valence-corrected chi connectivity index (χ4v) is 4.63. The van der Waals surface area contributed by atoms with Gasteiger partial charge >= 0.3 is 0 Å². The maximum absolute atomic E-state index is 12.8. The fourth-order valence-electron chi connectivity index (χ4n) is 4.63. The minimum Gasteiger partial charge on any atom is -0.493 e. The molecule has 0 bridgehead atoms. The number of ether oxygens (including phenoxy) is 1. The lowest BCUT2D eigenvalue weighted by atomic mass is 9.98. The van der Waals surface area contributed by atoms with Crippen LogP contribution in [0.5, 0.6) is 5.75 Å². The van der Waals surface area contributed by atoms with Gasteiger partial charge in [0, 0.05) is 37.7 Å². The molecule has 0 radical (unpaired) electrons. The first kappa shape index (κ1) is 22.4. The molecule has 170 valence electrons. The fraction of sp³-hybridized carbons (Fsp3) is 0.481. The van der Waals surface area contributed by atoms with Gasteiger partial charge in [0.1, 0.15) is 5.75 Å². The smallest absolute Gasteiger partial charge is 0.253 e. The van der Waals surface area contributed by atoms with Gasteiger partial charge in [-0.15, -0.1) is 0 Å². The monoisotopic (exact) mass is 434 g/mol. The average molecular weight is 435 g/mol. The van der Waals surface area contributed by atoms with Gasteiger partial charge in [-0.1, -0.05) is 35.9 Å². The molecule has 5 nitrogen and oxygen atoms in total. The van der Waals surface area contributed by atoms with Crippen molar-refractivity contribution in [3.05, 3.63) is 65.2 Å². The maximum Gasteiger partial charge on any atom is 0.253 e. The highest BCUT2D eigenvalue weighted by atomic mass is 16.5. The van der Waals surface area contributed by atoms with E-state index in [4.69, 9.17) is 4.74 Å². The Morgan fingerprint density at radius 3 is 2.47 bits per heavy atom. The first-order valence-electron chi connectivity index (χ1n) is 11.9. The molecule has 0 unspecified atom stereocenters. The van der Waals surface area contributed by atoms with Crippen molar-refractivity contribution in [3.63, 3.8) is 0 Å². The van der Waals surface area contributed by atoms with E-state index in [1.54, 1.807) is 0 Å². The van der Waals surface area contributed by atoms with Gasteiger partial charge in [-0.2, -0.15) is 0 Å². The van der Waals surface area contributed by atoms with Crippen molar-refractivity contribution < 1.29 is 14.3 Å². The van der Waals surface area contributed by atoms with Crippen LogP contribution in [0, 0.1) is 12.8 Å². The highest BCUT2D eigenvalue weighted by molar-refractivity contribution is 5.94. The van der Waals surface area contributed by atoms with Crippen LogP contribution < -0.4 is 4.74 Å². The molecule has 5 heteroatoms. The Morgan fingerprint density at radius 1 is 0.938 bits per heavy atom. The summed E-state index contributed by atoms with van der Waals surface area (Å²) in [5, 5.41) is 0.